The highest BCUT2D eigenvalue weighted by Crippen LogP contribution is 2.27. The number of para-hydroxylation sites is 1. The Balaban J connectivity index is 1.75. The number of nitrogens with zero attached hydrogens (tertiary/aromatic N) is 2. The van der Waals surface area contributed by atoms with Crippen LogP contribution < -0.4 is 5.32 Å². The molecular formula is C16H21N3O2. The summed E-state index contributed by atoms with van der Waals surface area (Å²) in [5.41, 5.74) is 1.48. The minimum atomic E-state index is -0.0547. The zero-order chi connectivity index (χ0) is 15.0. The predicted molar refractivity (Wildman–Crippen MR) is 83.6 cm³/mol. The van der Waals surface area contributed by atoms with Gasteiger partial charge < -0.3 is 19.5 Å². The van der Waals surface area contributed by atoms with Gasteiger partial charge in [0.05, 0.1) is 5.69 Å². The van der Waals surface area contributed by atoms with Gasteiger partial charge in [0.2, 0.25) is 0 Å². The van der Waals surface area contributed by atoms with Crippen LogP contribution >= 0.6 is 0 Å². The van der Waals surface area contributed by atoms with Crippen LogP contribution in [0.5, 0.6) is 0 Å². The molecule has 1 saturated heterocycles. The fourth-order valence-electron chi connectivity index (χ4n) is 2.83. The number of anilines is 1. The predicted octanol–water partition coefficient (Wildman–Crippen LogP) is 2.91. The van der Waals surface area contributed by atoms with Crippen LogP contribution in [0.1, 0.15) is 12.2 Å². The van der Waals surface area contributed by atoms with Crippen molar-refractivity contribution < 1.29 is 9.21 Å². The third-order valence-electron chi connectivity index (χ3n) is 4.09. The second kappa shape index (κ2) is 5.41. The van der Waals surface area contributed by atoms with E-state index in [-0.39, 0.29) is 6.03 Å². The summed E-state index contributed by atoms with van der Waals surface area (Å²) in [4.78, 5) is 16.4. The highest BCUT2D eigenvalue weighted by Gasteiger charge is 2.27. The SMILES string of the molecule is Cc1cc2cccc(NC(=O)N3CC[C@H](N(C)C)C3)c2o1. The van der Waals surface area contributed by atoms with Gasteiger partial charge in [0.25, 0.3) is 0 Å². The van der Waals surface area contributed by atoms with Crippen LogP contribution in [-0.2, 0) is 0 Å². The Morgan fingerprint density at radius 3 is 2.95 bits per heavy atom. The zero-order valence-electron chi connectivity index (χ0n) is 12.7. The topological polar surface area (TPSA) is 48.7 Å². The van der Waals surface area contributed by atoms with Crippen molar-refractivity contribution in [1.82, 2.24) is 9.80 Å². The van der Waals surface area contributed by atoms with Crippen LogP contribution in [0.3, 0.4) is 0 Å². The number of carbonyl (C=O) groups excluding carboxylic acids is 1. The van der Waals surface area contributed by atoms with E-state index in [1.807, 2.05) is 36.1 Å². The Kier molecular flexibility index (Phi) is 3.59. The summed E-state index contributed by atoms with van der Waals surface area (Å²) in [5.74, 6) is 0.848. The van der Waals surface area contributed by atoms with Gasteiger partial charge in [0, 0.05) is 24.5 Å². The van der Waals surface area contributed by atoms with E-state index in [4.69, 9.17) is 4.42 Å². The normalized spacial score (nSPS) is 18.7. The summed E-state index contributed by atoms with van der Waals surface area (Å²) in [6.07, 6.45) is 1.02. The molecule has 1 aromatic carbocycles. The maximum absolute atomic E-state index is 12.4. The maximum Gasteiger partial charge on any atom is 0.322 e. The quantitative estimate of drug-likeness (QED) is 0.924. The number of urea groups is 1. The summed E-state index contributed by atoms with van der Waals surface area (Å²) < 4.78 is 5.68. The number of furan rings is 1. The Bertz CT molecular complexity index is 663. The number of amides is 2. The fourth-order valence-corrected chi connectivity index (χ4v) is 2.83. The van der Waals surface area contributed by atoms with Gasteiger partial charge in [-0.3, -0.25) is 0 Å². The van der Waals surface area contributed by atoms with Crippen molar-refractivity contribution >= 4 is 22.7 Å². The van der Waals surface area contributed by atoms with Gasteiger partial charge in [-0.1, -0.05) is 12.1 Å². The van der Waals surface area contributed by atoms with E-state index in [0.717, 1.165) is 41.9 Å². The molecule has 1 fully saturated rings. The number of benzene rings is 1. The molecule has 1 atom stereocenters. The fraction of sp³-hybridized carbons (Fsp3) is 0.438. The summed E-state index contributed by atoms with van der Waals surface area (Å²) in [7, 11) is 4.11. The Hall–Kier alpha value is -2.01. The van der Waals surface area contributed by atoms with E-state index in [9.17, 15) is 4.79 Å². The van der Waals surface area contributed by atoms with Gasteiger partial charge in [-0.15, -0.1) is 0 Å². The number of likely N-dealkylation sites (N-methyl/N-ethyl adjacent to an activating group) is 1. The van der Waals surface area contributed by atoms with Gasteiger partial charge in [-0.25, -0.2) is 4.79 Å². The lowest BCUT2D eigenvalue weighted by Gasteiger charge is -2.20. The van der Waals surface area contributed by atoms with Crippen LogP contribution in [0.2, 0.25) is 0 Å². The van der Waals surface area contributed by atoms with Crippen molar-refractivity contribution in [3.05, 3.63) is 30.0 Å². The maximum atomic E-state index is 12.4. The van der Waals surface area contributed by atoms with Crippen LogP contribution in [0, 0.1) is 6.92 Å². The van der Waals surface area contributed by atoms with Crippen LogP contribution in [-0.4, -0.2) is 49.1 Å². The molecule has 5 nitrogen and oxygen atoms in total. The molecule has 2 amide bonds. The molecule has 2 aromatic rings. The van der Waals surface area contributed by atoms with E-state index in [1.54, 1.807) is 0 Å². The molecule has 3 rings (SSSR count). The molecule has 0 radical (unpaired) electrons. The van der Waals surface area contributed by atoms with Crippen LogP contribution in [0.15, 0.2) is 28.7 Å². The Labute approximate surface area is 124 Å². The molecule has 1 aliphatic rings. The molecule has 2 heterocycles. The first-order chi connectivity index (χ1) is 10.0. The molecule has 0 unspecified atom stereocenters. The minimum absolute atomic E-state index is 0.0547. The van der Waals surface area contributed by atoms with Crippen molar-refractivity contribution in [2.45, 2.75) is 19.4 Å². The third-order valence-corrected chi connectivity index (χ3v) is 4.09. The number of rotatable bonds is 2. The lowest BCUT2D eigenvalue weighted by Crippen LogP contribution is -2.36. The van der Waals surface area contributed by atoms with E-state index in [1.165, 1.54) is 0 Å². The molecule has 112 valence electrons. The molecule has 0 aliphatic carbocycles. The first-order valence-corrected chi connectivity index (χ1v) is 7.26. The molecule has 1 aromatic heterocycles. The summed E-state index contributed by atoms with van der Waals surface area (Å²) in [5, 5.41) is 3.99. The average Bonchev–Trinajstić information content (AvgIpc) is 3.04. The van der Waals surface area contributed by atoms with E-state index in [2.05, 4.69) is 24.3 Å². The van der Waals surface area contributed by atoms with Crippen molar-refractivity contribution in [2.75, 3.05) is 32.5 Å². The zero-order valence-corrected chi connectivity index (χ0v) is 12.7. The second-order valence-electron chi connectivity index (χ2n) is 5.86. The average molecular weight is 287 g/mol. The number of fused-ring (bicyclic) bond motifs is 1. The van der Waals surface area contributed by atoms with Gasteiger partial charge in [-0.2, -0.15) is 0 Å². The minimum Gasteiger partial charge on any atom is -0.459 e. The van der Waals surface area contributed by atoms with Gasteiger partial charge in [0.1, 0.15) is 5.76 Å². The molecule has 21 heavy (non-hydrogen) atoms. The smallest absolute Gasteiger partial charge is 0.322 e. The first kappa shape index (κ1) is 13.9. The summed E-state index contributed by atoms with van der Waals surface area (Å²) in [6.45, 7) is 3.47. The molecule has 0 bridgehead atoms. The Morgan fingerprint density at radius 1 is 1.43 bits per heavy atom. The van der Waals surface area contributed by atoms with Gasteiger partial charge >= 0.3 is 6.03 Å². The first-order valence-electron chi connectivity index (χ1n) is 7.26. The largest absolute Gasteiger partial charge is 0.459 e. The third kappa shape index (κ3) is 2.74. The lowest BCUT2D eigenvalue weighted by atomic mass is 10.2. The van der Waals surface area contributed by atoms with Crippen molar-refractivity contribution in [3.8, 4) is 0 Å². The number of carbonyl (C=O) groups is 1. The van der Waals surface area contributed by atoms with Crippen LogP contribution in [0.4, 0.5) is 10.5 Å². The standard InChI is InChI=1S/C16H21N3O2/c1-11-9-12-5-4-6-14(15(12)21-11)17-16(20)19-8-7-13(10-19)18(2)3/h4-6,9,13H,7-8,10H2,1-3H3,(H,17,20)/t13-/m0/s1. The highest BCUT2D eigenvalue weighted by atomic mass is 16.3. The molecule has 0 spiro atoms. The molecule has 5 heteroatoms. The van der Waals surface area contributed by atoms with E-state index >= 15 is 0 Å². The second-order valence-corrected chi connectivity index (χ2v) is 5.86. The monoisotopic (exact) mass is 287 g/mol. The Morgan fingerprint density at radius 2 is 2.24 bits per heavy atom. The van der Waals surface area contributed by atoms with Crippen molar-refractivity contribution in [3.63, 3.8) is 0 Å². The number of aryl methyl sites for hydroxylation is 1. The number of hydrogen-bond donors (Lipinski definition) is 1. The van der Waals surface area contributed by atoms with E-state index < -0.39 is 0 Å². The molecule has 0 saturated carbocycles. The summed E-state index contributed by atoms with van der Waals surface area (Å²) in [6, 6.07) is 8.16. The molecular weight excluding hydrogens is 266 g/mol. The molecule has 1 N–H and O–H groups in total. The van der Waals surface area contributed by atoms with Crippen molar-refractivity contribution in [1.29, 1.82) is 0 Å². The van der Waals surface area contributed by atoms with Gasteiger partial charge in [-0.05, 0) is 39.6 Å². The highest BCUT2D eigenvalue weighted by molar-refractivity contribution is 5.99. The number of nitrogens with one attached hydrogen (secondary N) is 1. The number of likely N-dealkylation sites (tertiary alicyclic amines) is 1. The number of hydrogen-bond acceptors (Lipinski definition) is 3. The van der Waals surface area contributed by atoms with E-state index in [0.29, 0.717) is 6.04 Å². The van der Waals surface area contributed by atoms with Crippen LogP contribution in [0.25, 0.3) is 11.0 Å². The van der Waals surface area contributed by atoms with Crippen molar-refractivity contribution in [2.24, 2.45) is 0 Å². The van der Waals surface area contributed by atoms with Gasteiger partial charge in [0.15, 0.2) is 5.58 Å². The molecule has 1 aliphatic heterocycles. The summed E-state index contributed by atoms with van der Waals surface area (Å²) >= 11 is 0. The lowest BCUT2D eigenvalue weighted by molar-refractivity contribution is 0.216.